The molecule has 0 saturated carbocycles. The van der Waals surface area contributed by atoms with Gasteiger partial charge in [0.25, 0.3) is 0 Å². The monoisotopic (exact) mass is 227 g/mol. The molecule has 2 heteroatoms. The molecule has 0 amide bonds. The van der Waals surface area contributed by atoms with E-state index in [2.05, 4.69) is 19.1 Å². The van der Waals surface area contributed by atoms with Crippen molar-refractivity contribution in [1.29, 1.82) is 0 Å². The van der Waals surface area contributed by atoms with Crippen LogP contribution in [0.15, 0.2) is 54.6 Å². The smallest absolute Gasteiger partial charge is 0.119 e. The third-order valence-electron chi connectivity index (χ3n) is 2.68. The molecule has 88 valence electrons. The van der Waals surface area contributed by atoms with Crippen LogP contribution >= 0.6 is 0 Å². The number of hydrogen-bond acceptors (Lipinski definition) is 2. The maximum atomic E-state index is 6.07. The fourth-order valence-electron chi connectivity index (χ4n) is 1.61. The van der Waals surface area contributed by atoms with Gasteiger partial charge in [0.15, 0.2) is 0 Å². The quantitative estimate of drug-likeness (QED) is 0.871. The van der Waals surface area contributed by atoms with E-state index in [0.29, 0.717) is 6.61 Å². The highest BCUT2D eigenvalue weighted by Gasteiger charge is 2.06. The minimum atomic E-state index is -0.0872. The molecule has 0 radical (unpaired) electrons. The normalized spacial score (nSPS) is 12.1. The highest BCUT2D eigenvalue weighted by molar-refractivity contribution is 5.25. The highest BCUT2D eigenvalue weighted by atomic mass is 16.5. The molecule has 0 heterocycles. The van der Waals surface area contributed by atoms with Gasteiger partial charge in [-0.2, -0.15) is 0 Å². The van der Waals surface area contributed by atoms with Crippen LogP contribution in [0.5, 0.6) is 5.75 Å². The molecular weight excluding hydrogens is 210 g/mol. The van der Waals surface area contributed by atoms with Gasteiger partial charge in [-0.05, 0) is 24.6 Å². The maximum Gasteiger partial charge on any atom is 0.119 e. The van der Waals surface area contributed by atoms with Crippen molar-refractivity contribution in [3.05, 3.63) is 65.7 Å². The van der Waals surface area contributed by atoms with Crippen LogP contribution in [0.25, 0.3) is 0 Å². The highest BCUT2D eigenvalue weighted by Crippen LogP contribution is 2.14. The van der Waals surface area contributed by atoms with E-state index >= 15 is 0 Å². The van der Waals surface area contributed by atoms with Crippen molar-refractivity contribution in [2.24, 2.45) is 5.73 Å². The van der Waals surface area contributed by atoms with E-state index in [1.807, 2.05) is 42.5 Å². The second kappa shape index (κ2) is 5.51. The minimum Gasteiger partial charge on any atom is -0.492 e. The first-order chi connectivity index (χ1) is 8.25. The number of hydrogen-bond donors (Lipinski definition) is 1. The predicted molar refractivity (Wildman–Crippen MR) is 70.0 cm³/mol. The molecule has 0 fully saturated rings. The summed E-state index contributed by atoms with van der Waals surface area (Å²) in [7, 11) is 0. The first-order valence-corrected chi connectivity index (χ1v) is 5.76. The molecule has 0 saturated heterocycles. The Hall–Kier alpha value is -1.80. The Balaban J connectivity index is 1.93. The summed E-state index contributed by atoms with van der Waals surface area (Å²) in [6.45, 7) is 2.56. The van der Waals surface area contributed by atoms with Gasteiger partial charge >= 0.3 is 0 Å². The zero-order valence-corrected chi connectivity index (χ0v) is 9.97. The Labute approximate surface area is 102 Å². The van der Waals surface area contributed by atoms with Gasteiger partial charge in [-0.3, -0.25) is 0 Å². The molecule has 0 aliphatic carbocycles. The molecule has 2 N–H and O–H groups in total. The summed E-state index contributed by atoms with van der Waals surface area (Å²) in [4.78, 5) is 0. The van der Waals surface area contributed by atoms with Crippen molar-refractivity contribution in [2.75, 3.05) is 6.61 Å². The second-order valence-corrected chi connectivity index (χ2v) is 4.14. The van der Waals surface area contributed by atoms with Crippen molar-refractivity contribution in [1.82, 2.24) is 0 Å². The Morgan fingerprint density at radius 2 is 1.65 bits per heavy atom. The van der Waals surface area contributed by atoms with E-state index < -0.39 is 0 Å². The van der Waals surface area contributed by atoms with Crippen LogP contribution in [0.1, 0.15) is 17.2 Å². The number of para-hydroxylation sites is 1. The first kappa shape index (κ1) is 11.7. The largest absolute Gasteiger partial charge is 0.492 e. The Morgan fingerprint density at radius 1 is 1.00 bits per heavy atom. The van der Waals surface area contributed by atoms with Crippen LogP contribution in [0.4, 0.5) is 0 Å². The van der Waals surface area contributed by atoms with Gasteiger partial charge in [0.05, 0.1) is 6.04 Å². The van der Waals surface area contributed by atoms with Crippen molar-refractivity contribution in [3.8, 4) is 5.75 Å². The summed E-state index contributed by atoms with van der Waals surface area (Å²) in [5.74, 6) is 0.857. The fourth-order valence-corrected chi connectivity index (χ4v) is 1.61. The number of rotatable bonds is 4. The van der Waals surface area contributed by atoms with Gasteiger partial charge in [-0.1, -0.05) is 48.0 Å². The third-order valence-corrected chi connectivity index (χ3v) is 2.68. The lowest BCUT2D eigenvalue weighted by molar-refractivity contribution is 0.290. The topological polar surface area (TPSA) is 35.2 Å². The molecule has 0 aliphatic rings. The fraction of sp³-hybridized carbons (Fsp3) is 0.200. The summed E-state index contributed by atoms with van der Waals surface area (Å²) in [6, 6.07) is 17.9. The van der Waals surface area contributed by atoms with E-state index in [1.54, 1.807) is 0 Å². The van der Waals surface area contributed by atoms with Crippen LogP contribution in [-0.4, -0.2) is 6.61 Å². The van der Waals surface area contributed by atoms with Crippen LogP contribution in [-0.2, 0) is 0 Å². The summed E-state index contributed by atoms with van der Waals surface area (Å²) in [6.07, 6.45) is 0. The van der Waals surface area contributed by atoms with Gasteiger partial charge < -0.3 is 10.5 Å². The van der Waals surface area contributed by atoms with Crippen molar-refractivity contribution < 1.29 is 4.74 Å². The summed E-state index contributed by atoms with van der Waals surface area (Å²) < 4.78 is 5.63. The summed E-state index contributed by atoms with van der Waals surface area (Å²) in [5, 5.41) is 0. The molecule has 2 nitrogen and oxygen atoms in total. The zero-order chi connectivity index (χ0) is 12.1. The molecule has 0 unspecified atom stereocenters. The van der Waals surface area contributed by atoms with Crippen molar-refractivity contribution in [2.45, 2.75) is 13.0 Å². The molecule has 2 aromatic carbocycles. The van der Waals surface area contributed by atoms with Gasteiger partial charge in [0.2, 0.25) is 0 Å². The first-order valence-electron chi connectivity index (χ1n) is 5.76. The number of nitrogens with two attached hydrogens (primary N) is 1. The predicted octanol–water partition coefficient (Wildman–Crippen LogP) is 3.07. The Bertz CT molecular complexity index is 450. The second-order valence-electron chi connectivity index (χ2n) is 4.14. The van der Waals surface area contributed by atoms with Crippen molar-refractivity contribution in [3.63, 3.8) is 0 Å². The molecule has 0 spiro atoms. The average molecular weight is 227 g/mol. The standard InChI is InChI=1S/C15H17NO/c1-12-7-9-13(10-8-12)15(16)11-17-14-5-3-2-4-6-14/h2-10,15H,11,16H2,1H3/t15-/m0/s1. The zero-order valence-electron chi connectivity index (χ0n) is 9.97. The van der Waals surface area contributed by atoms with Gasteiger partial charge in [-0.15, -0.1) is 0 Å². The molecule has 1 atom stereocenters. The minimum absolute atomic E-state index is 0.0872. The molecule has 17 heavy (non-hydrogen) atoms. The van der Waals surface area contributed by atoms with Crippen LogP contribution in [0.3, 0.4) is 0 Å². The van der Waals surface area contributed by atoms with Gasteiger partial charge in [0.1, 0.15) is 12.4 Å². The van der Waals surface area contributed by atoms with E-state index in [4.69, 9.17) is 10.5 Å². The number of aryl methyl sites for hydroxylation is 1. The van der Waals surface area contributed by atoms with E-state index in [9.17, 15) is 0 Å². The van der Waals surface area contributed by atoms with Crippen LogP contribution in [0, 0.1) is 6.92 Å². The molecule has 0 bridgehead atoms. The van der Waals surface area contributed by atoms with Crippen LogP contribution < -0.4 is 10.5 Å². The van der Waals surface area contributed by atoms with Gasteiger partial charge in [-0.25, -0.2) is 0 Å². The SMILES string of the molecule is Cc1ccc([C@@H](N)COc2ccccc2)cc1. The Morgan fingerprint density at radius 3 is 2.29 bits per heavy atom. The lowest BCUT2D eigenvalue weighted by Crippen LogP contribution is -2.18. The van der Waals surface area contributed by atoms with Crippen molar-refractivity contribution >= 4 is 0 Å². The lowest BCUT2D eigenvalue weighted by atomic mass is 10.1. The molecule has 2 rings (SSSR count). The summed E-state index contributed by atoms with van der Waals surface area (Å²) >= 11 is 0. The molecular formula is C15H17NO. The molecule has 0 aromatic heterocycles. The maximum absolute atomic E-state index is 6.07. The number of benzene rings is 2. The number of ether oxygens (including phenoxy) is 1. The van der Waals surface area contributed by atoms with E-state index in [0.717, 1.165) is 11.3 Å². The van der Waals surface area contributed by atoms with E-state index in [-0.39, 0.29) is 6.04 Å². The average Bonchev–Trinajstić information content (AvgIpc) is 2.38. The van der Waals surface area contributed by atoms with Crippen LogP contribution in [0.2, 0.25) is 0 Å². The summed E-state index contributed by atoms with van der Waals surface area (Å²) in [5.41, 5.74) is 8.41. The lowest BCUT2D eigenvalue weighted by Gasteiger charge is -2.13. The Kier molecular flexibility index (Phi) is 3.78. The molecule has 0 aliphatic heterocycles. The third kappa shape index (κ3) is 3.33. The van der Waals surface area contributed by atoms with Gasteiger partial charge in [0, 0.05) is 0 Å². The molecule has 2 aromatic rings. The van der Waals surface area contributed by atoms with E-state index in [1.165, 1.54) is 5.56 Å².